The molecule has 0 atom stereocenters. The van der Waals surface area contributed by atoms with Gasteiger partial charge >= 0.3 is 0 Å². The first-order chi connectivity index (χ1) is 15.1. The van der Waals surface area contributed by atoms with Crippen LogP contribution in [0, 0.1) is 0 Å². The van der Waals surface area contributed by atoms with Gasteiger partial charge in [0.1, 0.15) is 4.90 Å². The van der Waals surface area contributed by atoms with E-state index in [9.17, 15) is 26.2 Å². The Balaban J connectivity index is 1.73. The minimum atomic E-state index is -4.58. The van der Waals surface area contributed by atoms with Crippen LogP contribution in [0.25, 0.3) is 0 Å². The molecule has 7 nitrogen and oxygen atoms in total. The number of anilines is 1. The third-order valence-electron chi connectivity index (χ3n) is 4.33. The number of hydrogen-bond acceptors (Lipinski definition) is 6. The van der Waals surface area contributed by atoms with E-state index >= 15 is 0 Å². The summed E-state index contributed by atoms with van der Waals surface area (Å²) in [6.45, 7) is 0. The molecule has 0 aliphatic heterocycles. The Morgan fingerprint density at radius 2 is 1.53 bits per heavy atom. The summed E-state index contributed by atoms with van der Waals surface area (Å²) in [5.74, 6) is -0.632. The quantitative estimate of drug-likeness (QED) is 0.340. The normalized spacial score (nSPS) is 11.8. The van der Waals surface area contributed by atoms with Crippen molar-refractivity contribution in [2.24, 2.45) is 0 Å². The lowest BCUT2D eigenvalue weighted by molar-refractivity contribution is 0.102. The zero-order valence-electron chi connectivity index (χ0n) is 16.4. The number of nitrogens with one attached hydrogen (secondary N) is 1. The zero-order chi connectivity index (χ0) is 23.4. The molecule has 0 spiro atoms. The number of carbonyl (C=O) groups excluding carboxylic acids is 1. The van der Waals surface area contributed by atoms with Gasteiger partial charge in [-0.2, -0.15) is 8.42 Å². The second-order valence-corrected chi connectivity index (χ2v) is 11.6. The highest BCUT2D eigenvalue weighted by atomic mass is 35.5. The maximum absolute atomic E-state index is 12.7. The molecule has 0 unspecified atom stereocenters. The van der Waals surface area contributed by atoms with E-state index in [2.05, 4.69) is 5.32 Å². The van der Waals surface area contributed by atoms with Crippen molar-refractivity contribution in [3.05, 3.63) is 83.4 Å². The number of rotatable bonds is 8. The van der Waals surface area contributed by atoms with Gasteiger partial charge in [-0.25, -0.2) is 8.42 Å². The van der Waals surface area contributed by atoms with Gasteiger partial charge in [0.15, 0.2) is 9.84 Å². The predicted molar refractivity (Wildman–Crippen MR) is 125 cm³/mol. The van der Waals surface area contributed by atoms with Crippen LogP contribution < -0.4 is 5.32 Å². The molecule has 0 aliphatic rings. The summed E-state index contributed by atoms with van der Waals surface area (Å²) in [5, 5.41) is 3.07. The number of para-hydroxylation sites is 1. The molecule has 0 fully saturated rings. The van der Waals surface area contributed by atoms with Crippen LogP contribution >= 0.6 is 23.4 Å². The molecule has 3 aromatic rings. The Labute approximate surface area is 195 Å². The summed E-state index contributed by atoms with van der Waals surface area (Å²) in [5.41, 5.74) is 0.177. The molecule has 11 heteroatoms. The van der Waals surface area contributed by atoms with Crippen LogP contribution in [0.5, 0.6) is 0 Å². The molecule has 0 aliphatic carbocycles. The van der Waals surface area contributed by atoms with Crippen LogP contribution in [-0.4, -0.2) is 38.8 Å². The number of thioether (sulfide) groups is 1. The molecule has 32 heavy (non-hydrogen) atoms. The van der Waals surface area contributed by atoms with Crippen molar-refractivity contribution in [2.75, 3.05) is 16.8 Å². The smallest absolute Gasteiger partial charge is 0.295 e. The molecule has 0 heterocycles. The Bertz CT molecular complexity index is 1340. The van der Waals surface area contributed by atoms with Crippen LogP contribution in [0.1, 0.15) is 10.4 Å². The third kappa shape index (κ3) is 6.11. The van der Waals surface area contributed by atoms with Gasteiger partial charge in [-0.15, -0.1) is 11.8 Å². The zero-order valence-corrected chi connectivity index (χ0v) is 19.6. The van der Waals surface area contributed by atoms with Gasteiger partial charge < -0.3 is 5.32 Å². The Hall–Kier alpha value is -2.37. The van der Waals surface area contributed by atoms with Gasteiger partial charge in [0.25, 0.3) is 16.0 Å². The third-order valence-corrected chi connectivity index (χ3v) is 8.56. The summed E-state index contributed by atoms with van der Waals surface area (Å²) in [7, 11) is -8.09. The van der Waals surface area contributed by atoms with Gasteiger partial charge in [-0.3, -0.25) is 9.35 Å². The van der Waals surface area contributed by atoms with Crippen LogP contribution in [0.4, 0.5) is 5.69 Å². The van der Waals surface area contributed by atoms with Crippen molar-refractivity contribution in [3.8, 4) is 0 Å². The van der Waals surface area contributed by atoms with Crippen LogP contribution in [0.15, 0.2) is 87.5 Å². The summed E-state index contributed by atoms with van der Waals surface area (Å²) < 4.78 is 57.5. The van der Waals surface area contributed by atoms with Crippen molar-refractivity contribution in [2.45, 2.75) is 14.7 Å². The van der Waals surface area contributed by atoms with Gasteiger partial charge in [-0.05, 0) is 48.5 Å². The Morgan fingerprint density at radius 1 is 0.906 bits per heavy atom. The molecule has 0 saturated carbocycles. The maximum Gasteiger partial charge on any atom is 0.295 e. The van der Waals surface area contributed by atoms with Crippen LogP contribution in [0.2, 0.25) is 5.02 Å². The highest BCUT2D eigenvalue weighted by molar-refractivity contribution is 8.00. The monoisotopic (exact) mass is 511 g/mol. The molecule has 0 radical (unpaired) electrons. The topological polar surface area (TPSA) is 118 Å². The summed E-state index contributed by atoms with van der Waals surface area (Å²) in [6, 6.07) is 17.9. The van der Waals surface area contributed by atoms with E-state index in [1.807, 2.05) is 0 Å². The predicted octanol–water partition coefficient (Wildman–Crippen LogP) is 4.41. The molecule has 0 aromatic heterocycles. The second kappa shape index (κ2) is 10.1. The lowest BCUT2D eigenvalue weighted by atomic mass is 10.2. The Morgan fingerprint density at radius 3 is 2.22 bits per heavy atom. The average Bonchev–Trinajstić information content (AvgIpc) is 2.74. The van der Waals surface area contributed by atoms with Crippen molar-refractivity contribution in [1.82, 2.24) is 0 Å². The minimum absolute atomic E-state index is 0.132. The van der Waals surface area contributed by atoms with Crippen molar-refractivity contribution < 1.29 is 26.2 Å². The number of halogens is 1. The molecular weight excluding hydrogens is 494 g/mol. The fourth-order valence-corrected chi connectivity index (χ4v) is 6.27. The standard InChI is InChI=1S/C21H18ClNO6S3/c22-15-9-11-16(12-10-15)31(25,26)14-13-30-19-7-3-2-6-18(19)23-21(24)17-5-1-4-8-20(17)32(27,28)29/h1-12H,13-14H2,(H,23,24)(H,27,28,29). The molecule has 0 bridgehead atoms. The van der Waals surface area contributed by atoms with Crippen molar-refractivity contribution in [1.29, 1.82) is 0 Å². The van der Waals surface area contributed by atoms with E-state index in [0.29, 0.717) is 15.6 Å². The fourth-order valence-electron chi connectivity index (χ4n) is 2.79. The molecular formula is C21H18ClNO6S3. The van der Waals surface area contributed by atoms with E-state index in [1.165, 1.54) is 54.2 Å². The lowest BCUT2D eigenvalue weighted by Gasteiger charge is -2.12. The minimum Gasteiger partial charge on any atom is -0.321 e. The average molecular weight is 512 g/mol. The highest BCUT2D eigenvalue weighted by Gasteiger charge is 2.21. The second-order valence-electron chi connectivity index (χ2n) is 6.54. The summed E-state index contributed by atoms with van der Waals surface area (Å²) >= 11 is 7.03. The highest BCUT2D eigenvalue weighted by Crippen LogP contribution is 2.29. The molecule has 168 valence electrons. The molecule has 0 saturated heterocycles. The van der Waals surface area contributed by atoms with Gasteiger partial charge in [-0.1, -0.05) is 35.9 Å². The number of carbonyl (C=O) groups is 1. The maximum atomic E-state index is 12.7. The number of benzene rings is 3. The van der Waals surface area contributed by atoms with Crippen molar-refractivity contribution in [3.63, 3.8) is 0 Å². The van der Waals surface area contributed by atoms with E-state index < -0.39 is 30.8 Å². The lowest BCUT2D eigenvalue weighted by Crippen LogP contribution is -2.16. The first-order valence-corrected chi connectivity index (χ1v) is 13.6. The van der Waals surface area contributed by atoms with Gasteiger partial charge in [0.05, 0.1) is 21.9 Å². The Kier molecular flexibility index (Phi) is 7.63. The van der Waals surface area contributed by atoms with E-state index in [0.717, 1.165) is 6.07 Å². The molecule has 1 amide bonds. The SMILES string of the molecule is O=C(Nc1ccccc1SCCS(=O)(=O)c1ccc(Cl)cc1)c1ccccc1S(=O)(=O)O. The number of sulfone groups is 1. The van der Waals surface area contributed by atoms with E-state index in [-0.39, 0.29) is 22.0 Å². The molecule has 3 aromatic carbocycles. The van der Waals surface area contributed by atoms with Crippen molar-refractivity contribution >= 4 is 54.9 Å². The fraction of sp³-hybridized carbons (Fsp3) is 0.0952. The summed E-state index contributed by atoms with van der Waals surface area (Å²) in [4.78, 5) is 13.0. The number of amides is 1. The van der Waals surface area contributed by atoms with Crippen LogP contribution in [-0.2, 0) is 20.0 Å². The number of hydrogen-bond donors (Lipinski definition) is 2. The first-order valence-electron chi connectivity index (χ1n) is 9.16. The van der Waals surface area contributed by atoms with E-state index in [1.54, 1.807) is 24.3 Å². The first kappa shape index (κ1) is 24.3. The summed E-state index contributed by atoms with van der Waals surface area (Å²) in [6.07, 6.45) is 0. The van der Waals surface area contributed by atoms with E-state index in [4.69, 9.17) is 11.6 Å². The van der Waals surface area contributed by atoms with Crippen LogP contribution in [0.3, 0.4) is 0 Å². The van der Waals surface area contributed by atoms with Gasteiger partial charge in [0, 0.05) is 15.7 Å². The molecule has 2 N–H and O–H groups in total. The largest absolute Gasteiger partial charge is 0.321 e. The van der Waals surface area contributed by atoms with Gasteiger partial charge in [0.2, 0.25) is 0 Å². The molecule has 3 rings (SSSR count).